The standard InChI is InChI=1S/C18H28N2O/c1-3-5-8-14(4-2)13-20-18(21)16-11-6-9-15-10-7-12-19-17(15)16/h6,9,11,14,19H,3-5,7-8,10,12-13H2,1-2H3,(H,20,21). The maximum Gasteiger partial charge on any atom is 0.253 e. The van der Waals surface area contributed by atoms with Gasteiger partial charge in [-0.2, -0.15) is 0 Å². The molecule has 21 heavy (non-hydrogen) atoms. The van der Waals surface area contributed by atoms with Crippen LogP contribution in [0.5, 0.6) is 0 Å². The lowest BCUT2D eigenvalue weighted by Crippen LogP contribution is -2.30. The van der Waals surface area contributed by atoms with E-state index in [1.165, 1.54) is 24.8 Å². The summed E-state index contributed by atoms with van der Waals surface area (Å²) in [6.45, 7) is 6.18. The van der Waals surface area contributed by atoms with Crippen molar-refractivity contribution in [1.82, 2.24) is 5.32 Å². The Balaban J connectivity index is 1.97. The molecular weight excluding hydrogens is 260 g/mol. The van der Waals surface area contributed by atoms with Gasteiger partial charge in [0.2, 0.25) is 0 Å². The molecule has 1 amide bonds. The summed E-state index contributed by atoms with van der Waals surface area (Å²) in [5, 5.41) is 6.52. The van der Waals surface area contributed by atoms with E-state index in [0.29, 0.717) is 5.92 Å². The lowest BCUT2D eigenvalue weighted by Gasteiger charge is -2.21. The SMILES string of the molecule is CCCCC(CC)CNC(=O)c1cccc2c1NCCC2. The Morgan fingerprint density at radius 1 is 1.38 bits per heavy atom. The number of unbranched alkanes of at least 4 members (excludes halogenated alkanes) is 1. The first-order valence-electron chi connectivity index (χ1n) is 8.40. The minimum absolute atomic E-state index is 0.0659. The molecule has 0 radical (unpaired) electrons. The van der Waals surface area contributed by atoms with Crippen molar-refractivity contribution in [3.05, 3.63) is 29.3 Å². The number of benzene rings is 1. The number of nitrogens with one attached hydrogen (secondary N) is 2. The Kier molecular flexibility index (Phi) is 6.09. The predicted molar refractivity (Wildman–Crippen MR) is 88.9 cm³/mol. The third-order valence-corrected chi connectivity index (χ3v) is 4.41. The van der Waals surface area contributed by atoms with Gasteiger partial charge in [-0.25, -0.2) is 0 Å². The van der Waals surface area contributed by atoms with Crippen molar-refractivity contribution in [3.63, 3.8) is 0 Å². The smallest absolute Gasteiger partial charge is 0.253 e. The lowest BCUT2D eigenvalue weighted by atomic mass is 9.97. The molecule has 0 spiro atoms. The number of aryl methyl sites for hydroxylation is 1. The lowest BCUT2D eigenvalue weighted by molar-refractivity contribution is 0.0946. The van der Waals surface area contributed by atoms with Crippen molar-refractivity contribution >= 4 is 11.6 Å². The summed E-state index contributed by atoms with van der Waals surface area (Å²) in [5.74, 6) is 0.664. The van der Waals surface area contributed by atoms with Crippen LogP contribution >= 0.6 is 0 Å². The van der Waals surface area contributed by atoms with Gasteiger partial charge in [-0.3, -0.25) is 4.79 Å². The summed E-state index contributed by atoms with van der Waals surface area (Å²) >= 11 is 0. The van der Waals surface area contributed by atoms with Crippen molar-refractivity contribution in [2.45, 2.75) is 52.4 Å². The van der Waals surface area contributed by atoms with E-state index in [1.807, 2.05) is 12.1 Å². The number of anilines is 1. The molecule has 2 N–H and O–H groups in total. The van der Waals surface area contributed by atoms with Gasteiger partial charge in [-0.1, -0.05) is 45.2 Å². The Bertz CT molecular complexity index is 470. The second kappa shape index (κ2) is 8.06. The zero-order valence-electron chi connectivity index (χ0n) is 13.4. The highest BCUT2D eigenvalue weighted by Crippen LogP contribution is 2.26. The summed E-state index contributed by atoms with van der Waals surface area (Å²) in [4.78, 5) is 12.5. The molecule has 3 nitrogen and oxygen atoms in total. The van der Waals surface area contributed by atoms with Crippen LogP contribution in [0.3, 0.4) is 0 Å². The quantitative estimate of drug-likeness (QED) is 0.796. The van der Waals surface area contributed by atoms with Gasteiger partial charge in [0.25, 0.3) is 5.91 Å². The van der Waals surface area contributed by atoms with Gasteiger partial charge in [-0.05, 0) is 36.8 Å². The summed E-state index contributed by atoms with van der Waals surface area (Å²) in [6, 6.07) is 6.04. The van der Waals surface area contributed by atoms with E-state index in [-0.39, 0.29) is 5.91 Å². The van der Waals surface area contributed by atoms with Crippen LogP contribution in [0.1, 0.15) is 61.9 Å². The largest absolute Gasteiger partial charge is 0.384 e. The van der Waals surface area contributed by atoms with Gasteiger partial charge in [0.15, 0.2) is 0 Å². The van der Waals surface area contributed by atoms with Crippen molar-refractivity contribution in [2.75, 3.05) is 18.4 Å². The first-order chi connectivity index (χ1) is 10.3. The molecule has 3 heteroatoms. The van der Waals surface area contributed by atoms with Gasteiger partial charge < -0.3 is 10.6 Å². The van der Waals surface area contributed by atoms with E-state index in [9.17, 15) is 4.79 Å². The number of amides is 1. The maximum atomic E-state index is 12.5. The third kappa shape index (κ3) is 4.23. The van der Waals surface area contributed by atoms with Gasteiger partial charge in [-0.15, -0.1) is 0 Å². The molecule has 1 unspecified atom stereocenters. The molecule has 1 aliphatic rings. The van der Waals surface area contributed by atoms with Crippen LogP contribution in [-0.4, -0.2) is 19.0 Å². The van der Waals surface area contributed by atoms with E-state index < -0.39 is 0 Å². The van der Waals surface area contributed by atoms with Crippen LogP contribution in [0.4, 0.5) is 5.69 Å². The molecule has 1 heterocycles. The number of fused-ring (bicyclic) bond motifs is 1. The second-order valence-electron chi connectivity index (χ2n) is 6.00. The molecule has 1 aliphatic heterocycles. The zero-order chi connectivity index (χ0) is 15.1. The van der Waals surface area contributed by atoms with Gasteiger partial charge in [0.1, 0.15) is 0 Å². The summed E-state index contributed by atoms with van der Waals surface area (Å²) in [7, 11) is 0. The number of carbonyl (C=O) groups is 1. The molecule has 116 valence electrons. The first kappa shape index (κ1) is 15.9. The summed E-state index contributed by atoms with van der Waals surface area (Å²) in [5.41, 5.74) is 3.12. The summed E-state index contributed by atoms with van der Waals surface area (Å²) in [6.07, 6.45) is 7.02. The molecule has 0 aliphatic carbocycles. The monoisotopic (exact) mass is 288 g/mol. The van der Waals surface area contributed by atoms with E-state index >= 15 is 0 Å². The highest BCUT2D eigenvalue weighted by molar-refractivity contribution is 6.00. The molecule has 1 atom stereocenters. The Labute approximate surface area is 128 Å². The molecule has 0 saturated heterocycles. The minimum Gasteiger partial charge on any atom is -0.384 e. The van der Waals surface area contributed by atoms with Crippen molar-refractivity contribution in [1.29, 1.82) is 0 Å². The molecular formula is C18H28N2O. The number of hydrogen-bond acceptors (Lipinski definition) is 2. The number of carbonyl (C=O) groups excluding carboxylic acids is 1. The normalized spacial score (nSPS) is 15.0. The predicted octanol–water partition coefficient (Wildman–Crippen LogP) is 3.99. The first-order valence-corrected chi connectivity index (χ1v) is 8.40. The van der Waals surface area contributed by atoms with E-state index in [0.717, 1.165) is 43.6 Å². The van der Waals surface area contributed by atoms with E-state index in [4.69, 9.17) is 0 Å². The Morgan fingerprint density at radius 2 is 2.24 bits per heavy atom. The van der Waals surface area contributed by atoms with Crippen molar-refractivity contribution in [3.8, 4) is 0 Å². The van der Waals surface area contributed by atoms with Crippen LogP contribution in [0, 0.1) is 5.92 Å². The fraction of sp³-hybridized carbons (Fsp3) is 0.611. The third-order valence-electron chi connectivity index (χ3n) is 4.41. The van der Waals surface area contributed by atoms with Crippen molar-refractivity contribution in [2.24, 2.45) is 5.92 Å². The average Bonchev–Trinajstić information content (AvgIpc) is 2.54. The second-order valence-corrected chi connectivity index (χ2v) is 6.00. The number of rotatable bonds is 7. The molecule has 0 aromatic heterocycles. The van der Waals surface area contributed by atoms with Crippen LogP contribution in [-0.2, 0) is 6.42 Å². The topological polar surface area (TPSA) is 41.1 Å². The Morgan fingerprint density at radius 3 is 3.00 bits per heavy atom. The molecule has 2 rings (SSSR count). The zero-order valence-corrected chi connectivity index (χ0v) is 13.4. The highest BCUT2D eigenvalue weighted by atomic mass is 16.1. The maximum absolute atomic E-state index is 12.5. The average molecular weight is 288 g/mol. The number of hydrogen-bond donors (Lipinski definition) is 2. The molecule has 0 bridgehead atoms. The summed E-state index contributed by atoms with van der Waals surface area (Å²) < 4.78 is 0. The fourth-order valence-electron chi connectivity index (χ4n) is 2.97. The van der Waals surface area contributed by atoms with Crippen molar-refractivity contribution < 1.29 is 4.79 Å². The minimum atomic E-state index is 0.0659. The van der Waals surface area contributed by atoms with E-state index in [2.05, 4.69) is 30.5 Å². The fourth-order valence-corrected chi connectivity index (χ4v) is 2.97. The highest BCUT2D eigenvalue weighted by Gasteiger charge is 2.17. The van der Waals surface area contributed by atoms with Crippen LogP contribution in [0.2, 0.25) is 0 Å². The molecule has 0 fully saturated rings. The van der Waals surface area contributed by atoms with Gasteiger partial charge in [0.05, 0.1) is 11.3 Å². The van der Waals surface area contributed by atoms with E-state index in [1.54, 1.807) is 0 Å². The van der Waals surface area contributed by atoms with Crippen LogP contribution < -0.4 is 10.6 Å². The number of para-hydroxylation sites is 1. The van der Waals surface area contributed by atoms with Gasteiger partial charge >= 0.3 is 0 Å². The van der Waals surface area contributed by atoms with Crippen LogP contribution in [0.15, 0.2) is 18.2 Å². The Hall–Kier alpha value is -1.51. The van der Waals surface area contributed by atoms with Crippen LogP contribution in [0.25, 0.3) is 0 Å². The molecule has 0 saturated carbocycles. The van der Waals surface area contributed by atoms with Gasteiger partial charge in [0, 0.05) is 13.1 Å². The molecule has 1 aromatic rings. The molecule has 1 aromatic carbocycles.